The topological polar surface area (TPSA) is 93.3 Å². The first-order chi connectivity index (χ1) is 9.15. The van der Waals surface area contributed by atoms with Crippen molar-refractivity contribution in [3.8, 4) is 0 Å². The van der Waals surface area contributed by atoms with E-state index < -0.39 is 0 Å². The maximum atomic E-state index is 11.5. The summed E-state index contributed by atoms with van der Waals surface area (Å²) < 4.78 is 0. The molecule has 0 spiro atoms. The number of rotatable bonds is 4. The Bertz CT molecular complexity index is 613. The molecule has 19 heavy (non-hydrogen) atoms. The van der Waals surface area contributed by atoms with Crippen molar-refractivity contribution in [2.45, 2.75) is 6.42 Å². The summed E-state index contributed by atoms with van der Waals surface area (Å²) in [6, 6.07) is 7.19. The monoisotopic (exact) mass is 295 g/mol. The van der Waals surface area contributed by atoms with E-state index >= 15 is 0 Å². The number of hydrogen-bond acceptors (Lipinski definition) is 6. The minimum absolute atomic E-state index is 0.0920. The van der Waals surface area contributed by atoms with Crippen LogP contribution in [-0.4, -0.2) is 22.3 Å². The molecule has 0 saturated carbocycles. The van der Waals surface area contributed by atoms with Crippen molar-refractivity contribution in [2.24, 2.45) is 5.10 Å². The van der Waals surface area contributed by atoms with Gasteiger partial charge in [-0.3, -0.25) is 4.79 Å². The third-order valence-corrected chi connectivity index (χ3v) is 3.19. The van der Waals surface area contributed by atoms with E-state index in [-0.39, 0.29) is 12.3 Å². The van der Waals surface area contributed by atoms with Gasteiger partial charge in [0.25, 0.3) is 0 Å². The standard InChI is InChI=1S/C11H10ClN5OS/c12-8-4-2-1-3-7(8)6-14-15-9(18)5-10-16-17-11(13)19-10/h1-4,6H,5H2,(H2,13,17)(H,15,18). The number of hydrogen-bond donors (Lipinski definition) is 2. The second-order valence-electron chi connectivity index (χ2n) is 3.53. The molecule has 0 saturated heterocycles. The van der Waals surface area contributed by atoms with Crippen LogP contribution >= 0.6 is 22.9 Å². The second kappa shape index (κ2) is 6.26. The molecule has 0 atom stereocenters. The molecule has 1 heterocycles. The summed E-state index contributed by atoms with van der Waals surface area (Å²) in [5.41, 5.74) is 8.53. The van der Waals surface area contributed by atoms with Crippen molar-refractivity contribution in [1.29, 1.82) is 0 Å². The Morgan fingerprint density at radius 2 is 2.26 bits per heavy atom. The molecule has 0 radical (unpaired) electrons. The smallest absolute Gasteiger partial charge is 0.247 e. The summed E-state index contributed by atoms with van der Waals surface area (Å²) in [4.78, 5) is 11.5. The number of nitrogens with zero attached hydrogens (tertiary/aromatic N) is 3. The van der Waals surface area contributed by atoms with Gasteiger partial charge in [0, 0.05) is 10.6 Å². The van der Waals surface area contributed by atoms with E-state index in [1.54, 1.807) is 12.1 Å². The Balaban J connectivity index is 1.88. The summed E-state index contributed by atoms with van der Waals surface area (Å²) in [5.74, 6) is -0.292. The van der Waals surface area contributed by atoms with Crippen molar-refractivity contribution in [3.05, 3.63) is 39.9 Å². The Morgan fingerprint density at radius 3 is 2.95 bits per heavy atom. The molecular formula is C11H10ClN5OS. The number of carbonyl (C=O) groups is 1. The van der Waals surface area contributed by atoms with Crippen LogP contribution in [0, 0.1) is 0 Å². The van der Waals surface area contributed by atoms with Gasteiger partial charge in [-0.05, 0) is 6.07 Å². The Morgan fingerprint density at radius 1 is 1.47 bits per heavy atom. The molecule has 1 aromatic heterocycles. The summed E-state index contributed by atoms with van der Waals surface area (Å²) in [5, 5.41) is 12.6. The minimum Gasteiger partial charge on any atom is -0.374 e. The van der Waals surface area contributed by atoms with Gasteiger partial charge in [-0.25, -0.2) is 5.43 Å². The highest BCUT2D eigenvalue weighted by molar-refractivity contribution is 7.15. The lowest BCUT2D eigenvalue weighted by Gasteiger charge is -1.97. The second-order valence-corrected chi connectivity index (χ2v) is 5.03. The molecule has 0 bridgehead atoms. The van der Waals surface area contributed by atoms with E-state index in [0.29, 0.717) is 15.2 Å². The third-order valence-electron chi connectivity index (χ3n) is 2.09. The maximum absolute atomic E-state index is 11.5. The molecule has 98 valence electrons. The number of benzene rings is 1. The highest BCUT2D eigenvalue weighted by Gasteiger charge is 2.07. The quantitative estimate of drug-likeness (QED) is 0.660. The lowest BCUT2D eigenvalue weighted by molar-refractivity contribution is -0.120. The molecule has 0 aliphatic carbocycles. The van der Waals surface area contributed by atoms with Crippen LogP contribution in [0.2, 0.25) is 5.02 Å². The zero-order valence-corrected chi connectivity index (χ0v) is 11.3. The van der Waals surface area contributed by atoms with Crippen LogP contribution in [-0.2, 0) is 11.2 Å². The fraction of sp³-hybridized carbons (Fsp3) is 0.0909. The number of hydrazone groups is 1. The number of amides is 1. The van der Waals surface area contributed by atoms with E-state index in [4.69, 9.17) is 17.3 Å². The Labute approximate surface area is 118 Å². The van der Waals surface area contributed by atoms with Crippen molar-refractivity contribution in [1.82, 2.24) is 15.6 Å². The molecule has 0 unspecified atom stereocenters. The zero-order chi connectivity index (χ0) is 13.7. The first-order valence-electron chi connectivity index (χ1n) is 5.29. The van der Waals surface area contributed by atoms with Crippen LogP contribution in [0.4, 0.5) is 5.13 Å². The lowest BCUT2D eigenvalue weighted by Crippen LogP contribution is -2.19. The average molecular weight is 296 g/mol. The zero-order valence-electron chi connectivity index (χ0n) is 9.71. The molecule has 3 N–H and O–H groups in total. The molecule has 2 rings (SSSR count). The molecule has 1 aromatic carbocycles. The van der Waals surface area contributed by atoms with Gasteiger partial charge in [-0.2, -0.15) is 5.10 Å². The van der Waals surface area contributed by atoms with Crippen molar-refractivity contribution in [3.63, 3.8) is 0 Å². The summed E-state index contributed by atoms with van der Waals surface area (Å²) in [7, 11) is 0. The predicted octanol–water partition coefficient (Wildman–Crippen LogP) is 1.47. The van der Waals surface area contributed by atoms with Gasteiger partial charge < -0.3 is 5.73 Å². The van der Waals surface area contributed by atoms with Gasteiger partial charge in [0.15, 0.2) is 0 Å². The molecular weight excluding hydrogens is 286 g/mol. The summed E-state index contributed by atoms with van der Waals surface area (Å²) >= 11 is 7.11. The Kier molecular flexibility index (Phi) is 4.43. The van der Waals surface area contributed by atoms with E-state index in [1.165, 1.54) is 17.6 Å². The molecule has 8 heteroatoms. The van der Waals surface area contributed by atoms with Gasteiger partial charge in [-0.1, -0.05) is 41.1 Å². The van der Waals surface area contributed by atoms with E-state index in [9.17, 15) is 4.79 Å². The number of nitrogens with two attached hydrogens (primary N) is 1. The van der Waals surface area contributed by atoms with Crippen molar-refractivity contribution >= 4 is 40.2 Å². The number of aromatic nitrogens is 2. The van der Waals surface area contributed by atoms with Crippen LogP contribution in [0.5, 0.6) is 0 Å². The lowest BCUT2D eigenvalue weighted by atomic mass is 10.2. The highest BCUT2D eigenvalue weighted by atomic mass is 35.5. The molecule has 2 aromatic rings. The summed E-state index contributed by atoms with van der Waals surface area (Å²) in [6.45, 7) is 0. The number of carbonyl (C=O) groups excluding carboxylic acids is 1. The fourth-order valence-corrected chi connectivity index (χ4v) is 2.06. The Hall–Kier alpha value is -1.99. The van der Waals surface area contributed by atoms with Gasteiger partial charge in [0.2, 0.25) is 11.0 Å². The predicted molar refractivity (Wildman–Crippen MR) is 75.2 cm³/mol. The molecule has 1 amide bonds. The van der Waals surface area contributed by atoms with Gasteiger partial charge >= 0.3 is 0 Å². The van der Waals surface area contributed by atoms with E-state index in [0.717, 1.165) is 5.56 Å². The van der Waals surface area contributed by atoms with Crippen LogP contribution in [0.1, 0.15) is 10.6 Å². The van der Waals surface area contributed by atoms with Crippen LogP contribution < -0.4 is 11.2 Å². The number of halogens is 1. The third kappa shape index (κ3) is 4.01. The normalized spacial score (nSPS) is 10.8. The first-order valence-corrected chi connectivity index (χ1v) is 6.49. The van der Waals surface area contributed by atoms with Crippen molar-refractivity contribution in [2.75, 3.05) is 5.73 Å². The first kappa shape index (κ1) is 13.4. The van der Waals surface area contributed by atoms with Crippen LogP contribution in [0.15, 0.2) is 29.4 Å². The SMILES string of the molecule is Nc1nnc(CC(=O)NN=Cc2ccccc2Cl)s1. The highest BCUT2D eigenvalue weighted by Crippen LogP contribution is 2.12. The molecule has 0 fully saturated rings. The number of anilines is 1. The van der Waals surface area contributed by atoms with Crippen LogP contribution in [0.25, 0.3) is 0 Å². The molecule has 0 aliphatic rings. The maximum Gasteiger partial charge on any atom is 0.247 e. The fourth-order valence-electron chi connectivity index (χ4n) is 1.27. The van der Waals surface area contributed by atoms with Gasteiger partial charge in [0.1, 0.15) is 5.01 Å². The van der Waals surface area contributed by atoms with Gasteiger partial charge in [-0.15, -0.1) is 10.2 Å². The molecule has 0 aliphatic heterocycles. The summed E-state index contributed by atoms with van der Waals surface area (Å²) in [6.07, 6.45) is 1.57. The van der Waals surface area contributed by atoms with E-state index in [1.807, 2.05) is 12.1 Å². The average Bonchev–Trinajstić information content (AvgIpc) is 2.77. The largest absolute Gasteiger partial charge is 0.374 e. The van der Waals surface area contributed by atoms with E-state index in [2.05, 4.69) is 20.7 Å². The van der Waals surface area contributed by atoms with Crippen LogP contribution in [0.3, 0.4) is 0 Å². The van der Waals surface area contributed by atoms with Crippen molar-refractivity contribution < 1.29 is 4.79 Å². The minimum atomic E-state index is -0.292. The molecule has 6 nitrogen and oxygen atoms in total. The van der Waals surface area contributed by atoms with Gasteiger partial charge in [0.05, 0.1) is 12.6 Å². The number of nitrogens with one attached hydrogen (secondary N) is 1. The number of nitrogen functional groups attached to an aromatic ring is 1.